The lowest BCUT2D eigenvalue weighted by molar-refractivity contribution is -0.141. The Kier molecular flexibility index (Phi) is 5.34. The summed E-state index contributed by atoms with van der Waals surface area (Å²) >= 11 is 0. The Hall–Kier alpha value is -3.49. The first kappa shape index (κ1) is 20.8. The predicted octanol–water partition coefficient (Wildman–Crippen LogP) is 2.27. The van der Waals surface area contributed by atoms with Crippen molar-refractivity contribution < 1.29 is 9.59 Å². The molecular formula is C22H27N7O2. The highest BCUT2D eigenvalue weighted by atomic mass is 16.2. The highest BCUT2D eigenvalue weighted by Gasteiger charge is 2.33. The standard InChI is InChI=1S/C22H27N7O2/c1-22(2,3)19-13-18(26(4)25-19)21(31)29-11-6-10-28(29)20(30)15-27-12-8-17(24-27)16-7-5-9-23-14-16/h5,7-9,12-14H,6,10-11,15H2,1-4H3. The number of nitrogens with zero attached hydrogens (tertiary/aromatic N) is 7. The monoisotopic (exact) mass is 421 g/mol. The van der Waals surface area contributed by atoms with Crippen molar-refractivity contribution in [2.24, 2.45) is 7.05 Å². The minimum atomic E-state index is -0.215. The lowest BCUT2D eigenvalue weighted by Crippen LogP contribution is -2.46. The molecule has 0 unspecified atom stereocenters. The van der Waals surface area contributed by atoms with Crippen molar-refractivity contribution in [2.75, 3.05) is 13.1 Å². The van der Waals surface area contributed by atoms with Crippen molar-refractivity contribution in [2.45, 2.75) is 39.2 Å². The molecule has 162 valence electrons. The first-order valence-corrected chi connectivity index (χ1v) is 10.3. The molecule has 1 fully saturated rings. The van der Waals surface area contributed by atoms with E-state index in [0.717, 1.165) is 23.4 Å². The fourth-order valence-electron chi connectivity index (χ4n) is 3.59. The maximum absolute atomic E-state index is 13.2. The molecule has 0 N–H and O–H groups in total. The van der Waals surface area contributed by atoms with Gasteiger partial charge in [-0.3, -0.25) is 23.9 Å². The predicted molar refractivity (Wildman–Crippen MR) is 115 cm³/mol. The molecule has 3 aromatic rings. The molecule has 1 aliphatic heterocycles. The molecule has 2 amide bonds. The van der Waals surface area contributed by atoms with E-state index in [9.17, 15) is 9.59 Å². The third kappa shape index (κ3) is 4.21. The van der Waals surface area contributed by atoms with E-state index in [4.69, 9.17) is 0 Å². The average Bonchev–Trinajstić information content (AvgIpc) is 3.47. The summed E-state index contributed by atoms with van der Waals surface area (Å²) < 4.78 is 3.19. The molecule has 4 heterocycles. The Morgan fingerprint density at radius 3 is 2.55 bits per heavy atom. The topological polar surface area (TPSA) is 89.2 Å². The molecule has 9 nitrogen and oxygen atoms in total. The molecule has 0 aromatic carbocycles. The van der Waals surface area contributed by atoms with Crippen molar-refractivity contribution >= 4 is 11.8 Å². The zero-order valence-corrected chi connectivity index (χ0v) is 18.3. The molecule has 1 saturated heterocycles. The van der Waals surface area contributed by atoms with Crippen LogP contribution >= 0.6 is 0 Å². The summed E-state index contributed by atoms with van der Waals surface area (Å²) in [5.41, 5.74) is 2.79. The first-order chi connectivity index (χ1) is 14.7. The number of pyridine rings is 1. The number of hydrazine groups is 1. The summed E-state index contributed by atoms with van der Waals surface area (Å²) in [5, 5.41) is 12.0. The van der Waals surface area contributed by atoms with E-state index in [1.54, 1.807) is 35.0 Å². The first-order valence-electron chi connectivity index (χ1n) is 10.3. The second kappa shape index (κ2) is 7.98. The number of hydrogen-bond acceptors (Lipinski definition) is 5. The molecule has 0 atom stereocenters. The van der Waals surface area contributed by atoms with Gasteiger partial charge in [0, 0.05) is 49.7 Å². The number of hydrogen-bond donors (Lipinski definition) is 0. The molecule has 0 spiro atoms. The van der Waals surface area contributed by atoms with Crippen LogP contribution in [0.5, 0.6) is 0 Å². The fraction of sp³-hybridized carbons (Fsp3) is 0.409. The normalized spacial score (nSPS) is 14.3. The van der Waals surface area contributed by atoms with Crippen molar-refractivity contribution in [1.82, 2.24) is 34.6 Å². The highest BCUT2D eigenvalue weighted by Crippen LogP contribution is 2.23. The number of aromatic nitrogens is 5. The lowest BCUT2D eigenvalue weighted by Gasteiger charge is -2.27. The van der Waals surface area contributed by atoms with Gasteiger partial charge in [0.2, 0.25) is 0 Å². The number of amides is 2. The van der Waals surface area contributed by atoms with Gasteiger partial charge in [-0.05, 0) is 30.7 Å². The Bertz CT molecular complexity index is 1090. The third-order valence-corrected chi connectivity index (χ3v) is 5.32. The maximum atomic E-state index is 13.2. The van der Waals surface area contributed by atoms with Crippen LogP contribution in [0.4, 0.5) is 0 Å². The minimum Gasteiger partial charge on any atom is -0.271 e. The molecule has 9 heteroatoms. The van der Waals surface area contributed by atoms with E-state index in [1.165, 1.54) is 10.0 Å². The van der Waals surface area contributed by atoms with E-state index in [0.29, 0.717) is 18.8 Å². The zero-order chi connectivity index (χ0) is 22.2. The van der Waals surface area contributed by atoms with Crippen LogP contribution in [0, 0.1) is 0 Å². The second-order valence-electron chi connectivity index (χ2n) is 8.73. The van der Waals surface area contributed by atoms with E-state index >= 15 is 0 Å². The average molecular weight is 422 g/mol. The summed E-state index contributed by atoms with van der Waals surface area (Å²) in [6.45, 7) is 7.23. The van der Waals surface area contributed by atoms with Crippen molar-refractivity contribution in [3.8, 4) is 11.3 Å². The molecule has 0 aliphatic carbocycles. The number of carbonyl (C=O) groups excluding carboxylic acids is 2. The summed E-state index contributed by atoms with van der Waals surface area (Å²) in [6.07, 6.45) is 5.94. The van der Waals surface area contributed by atoms with Gasteiger partial charge in [-0.25, -0.2) is 10.0 Å². The Labute approximate surface area is 181 Å². The van der Waals surface area contributed by atoms with Crippen LogP contribution in [0.3, 0.4) is 0 Å². The van der Waals surface area contributed by atoms with Gasteiger partial charge in [0.05, 0.1) is 11.4 Å². The van der Waals surface area contributed by atoms with Crippen molar-refractivity contribution in [1.29, 1.82) is 0 Å². The molecule has 0 radical (unpaired) electrons. The molecule has 4 rings (SSSR count). The van der Waals surface area contributed by atoms with E-state index < -0.39 is 0 Å². The Balaban J connectivity index is 1.48. The quantitative estimate of drug-likeness (QED) is 0.645. The molecular weight excluding hydrogens is 394 g/mol. The van der Waals surface area contributed by atoms with Crippen LogP contribution in [0.1, 0.15) is 43.4 Å². The molecule has 3 aromatic heterocycles. The lowest BCUT2D eigenvalue weighted by atomic mass is 9.92. The van der Waals surface area contributed by atoms with Gasteiger partial charge in [0.25, 0.3) is 11.8 Å². The second-order valence-corrected chi connectivity index (χ2v) is 8.73. The SMILES string of the molecule is Cn1nc(C(C)(C)C)cc1C(=O)N1CCCN1C(=O)Cn1ccc(-c2cccnc2)n1. The number of carbonyl (C=O) groups is 2. The van der Waals surface area contributed by atoms with Gasteiger partial charge in [-0.1, -0.05) is 20.8 Å². The van der Waals surface area contributed by atoms with Crippen molar-refractivity contribution in [3.05, 3.63) is 54.2 Å². The van der Waals surface area contributed by atoms with Crippen LogP contribution in [-0.2, 0) is 23.8 Å². The summed E-state index contributed by atoms with van der Waals surface area (Å²) in [5.74, 6) is -0.391. The summed E-state index contributed by atoms with van der Waals surface area (Å²) in [6, 6.07) is 7.43. The van der Waals surface area contributed by atoms with E-state index in [2.05, 4.69) is 36.0 Å². The summed E-state index contributed by atoms with van der Waals surface area (Å²) in [4.78, 5) is 30.3. The zero-order valence-electron chi connectivity index (χ0n) is 18.3. The largest absolute Gasteiger partial charge is 0.290 e. The Morgan fingerprint density at radius 2 is 1.87 bits per heavy atom. The van der Waals surface area contributed by atoms with Crippen LogP contribution in [0.15, 0.2) is 42.9 Å². The van der Waals surface area contributed by atoms with Crippen molar-refractivity contribution in [3.63, 3.8) is 0 Å². The van der Waals surface area contributed by atoms with Gasteiger partial charge < -0.3 is 0 Å². The van der Waals surface area contributed by atoms with Crippen LogP contribution in [0.25, 0.3) is 11.3 Å². The molecule has 1 aliphatic rings. The third-order valence-electron chi connectivity index (χ3n) is 5.32. The smallest absolute Gasteiger partial charge is 0.271 e. The minimum absolute atomic E-state index is 0.0582. The number of aryl methyl sites for hydroxylation is 1. The van der Waals surface area contributed by atoms with E-state index in [1.807, 2.05) is 24.3 Å². The number of rotatable bonds is 4. The van der Waals surface area contributed by atoms with Gasteiger partial charge in [-0.2, -0.15) is 10.2 Å². The van der Waals surface area contributed by atoms with Crippen LogP contribution < -0.4 is 0 Å². The molecule has 0 bridgehead atoms. The van der Waals surface area contributed by atoms with E-state index in [-0.39, 0.29) is 23.8 Å². The fourth-order valence-corrected chi connectivity index (χ4v) is 3.59. The molecule has 0 saturated carbocycles. The highest BCUT2D eigenvalue weighted by molar-refractivity contribution is 5.94. The van der Waals surface area contributed by atoms with Crippen LogP contribution in [0.2, 0.25) is 0 Å². The maximum Gasteiger partial charge on any atom is 0.290 e. The van der Waals surface area contributed by atoms with Crippen LogP contribution in [-0.4, -0.2) is 59.5 Å². The van der Waals surface area contributed by atoms with Gasteiger partial charge in [0.15, 0.2) is 0 Å². The summed E-state index contributed by atoms with van der Waals surface area (Å²) in [7, 11) is 1.76. The van der Waals surface area contributed by atoms with Gasteiger partial charge in [0.1, 0.15) is 12.2 Å². The molecule has 31 heavy (non-hydrogen) atoms. The van der Waals surface area contributed by atoms with Gasteiger partial charge in [-0.15, -0.1) is 0 Å². The van der Waals surface area contributed by atoms with Gasteiger partial charge >= 0.3 is 0 Å². The Morgan fingerprint density at radius 1 is 1.10 bits per heavy atom.